The van der Waals surface area contributed by atoms with Crippen LogP contribution in [0.1, 0.15) is 0 Å². The average molecular weight is 675 g/mol. The Bertz CT molecular complexity index is 783. The lowest BCUT2D eigenvalue weighted by atomic mass is 10.5. The summed E-state index contributed by atoms with van der Waals surface area (Å²) in [6, 6.07) is 0. The quantitative estimate of drug-likeness (QED) is 0.121. The summed E-state index contributed by atoms with van der Waals surface area (Å²) < 4.78 is 10.7. The highest BCUT2D eigenvalue weighted by atomic mass is 32.3. The van der Waals surface area contributed by atoms with Gasteiger partial charge >= 0.3 is 0 Å². The molecule has 242 valence electrons. The molecule has 0 aromatic heterocycles. The first kappa shape index (κ1) is 40.4. The van der Waals surface area contributed by atoms with Crippen LogP contribution in [0, 0.1) is 0 Å². The minimum absolute atomic E-state index is 0.992. The minimum Gasteiger partial charge on any atom is -0.262 e. The van der Waals surface area contributed by atoms with Gasteiger partial charge in [0.1, 0.15) is 0 Å². The standard InChI is InChI=1S/C30H66N4S6/c1-19-35(7,8)31(27-29-33(37(11,12)21-3)38(13,14)22-4)25-26-32(36(9,10)20-2)28-30-34(39(15,16)23-5)40(17,18)24-6/h19-24H,1-6,25-30H2,7-18H3. The number of rotatable bonds is 21. The summed E-state index contributed by atoms with van der Waals surface area (Å²) in [5.41, 5.74) is 0. The highest BCUT2D eigenvalue weighted by Gasteiger charge is 2.32. The summed E-state index contributed by atoms with van der Waals surface area (Å²) in [4.78, 5) is 0. The molecular weight excluding hydrogens is 609 g/mol. The van der Waals surface area contributed by atoms with Crippen LogP contribution in [0.15, 0.2) is 71.9 Å². The van der Waals surface area contributed by atoms with E-state index in [0.717, 1.165) is 39.3 Å². The van der Waals surface area contributed by atoms with Crippen LogP contribution in [0.25, 0.3) is 0 Å². The zero-order valence-corrected chi connectivity index (χ0v) is 33.1. The van der Waals surface area contributed by atoms with E-state index in [9.17, 15) is 0 Å². The molecule has 0 aliphatic carbocycles. The van der Waals surface area contributed by atoms with E-state index < -0.39 is 61.3 Å². The molecule has 0 rings (SSSR count). The molecule has 0 radical (unpaired) electrons. The first-order valence-corrected chi connectivity index (χ1v) is 28.1. The van der Waals surface area contributed by atoms with Crippen molar-refractivity contribution in [2.45, 2.75) is 0 Å². The van der Waals surface area contributed by atoms with Gasteiger partial charge in [-0.15, -0.1) is 0 Å². The molecule has 0 amide bonds. The average Bonchev–Trinajstić information content (AvgIpc) is 2.88. The van der Waals surface area contributed by atoms with E-state index >= 15 is 0 Å². The smallest absolute Gasteiger partial charge is 0.0312 e. The Balaban J connectivity index is 6.16. The first-order valence-electron chi connectivity index (χ1n) is 13.3. The molecule has 0 aromatic rings. The van der Waals surface area contributed by atoms with Crippen molar-refractivity contribution >= 4 is 61.3 Å². The molecule has 40 heavy (non-hydrogen) atoms. The van der Waals surface area contributed by atoms with Crippen LogP contribution in [-0.2, 0) is 0 Å². The zero-order chi connectivity index (χ0) is 31.8. The third-order valence-corrected chi connectivity index (χ3v) is 25.4. The first-order chi connectivity index (χ1) is 18.0. The molecule has 0 saturated carbocycles. The molecule has 0 aliphatic heterocycles. The SMILES string of the molecule is C=CS(C)(C)N(CCN(CCN(S(C)(C)C=C)S(C)(C)C=C)S(C)(C)C=C)CCN(S(C)(C)C=C)S(C)(C)C=C. The highest BCUT2D eigenvalue weighted by molar-refractivity contribution is 8.47. The number of hydrogen-bond donors (Lipinski definition) is 0. The Morgan fingerprint density at radius 3 is 0.675 bits per heavy atom. The van der Waals surface area contributed by atoms with Crippen LogP contribution < -0.4 is 0 Å². The van der Waals surface area contributed by atoms with Crippen LogP contribution in [0.3, 0.4) is 0 Å². The zero-order valence-electron chi connectivity index (χ0n) is 28.2. The Labute approximate surface area is 261 Å². The maximum atomic E-state index is 4.25. The minimum atomic E-state index is -1.13. The van der Waals surface area contributed by atoms with Gasteiger partial charge in [0, 0.05) is 39.3 Å². The van der Waals surface area contributed by atoms with Crippen molar-refractivity contribution < 1.29 is 0 Å². The summed E-state index contributed by atoms with van der Waals surface area (Å²) in [6.45, 7) is 31.2. The number of hydrogen-bond acceptors (Lipinski definition) is 4. The lowest BCUT2D eigenvalue weighted by Gasteiger charge is -2.54. The van der Waals surface area contributed by atoms with E-state index in [4.69, 9.17) is 0 Å². The van der Waals surface area contributed by atoms with Gasteiger partial charge in [-0.2, -0.15) is 61.3 Å². The summed E-state index contributed by atoms with van der Waals surface area (Å²) in [5.74, 6) is 0. The maximum absolute atomic E-state index is 4.25. The normalized spacial score (nSPS) is 16.5. The van der Waals surface area contributed by atoms with Gasteiger partial charge in [0.2, 0.25) is 0 Å². The molecule has 0 fully saturated rings. The van der Waals surface area contributed by atoms with Gasteiger partial charge in [-0.1, -0.05) is 39.5 Å². The van der Waals surface area contributed by atoms with Gasteiger partial charge in [-0.3, -0.25) is 8.61 Å². The predicted molar refractivity (Wildman–Crippen MR) is 214 cm³/mol. The largest absolute Gasteiger partial charge is 0.262 e. The molecular formula is C30H66N4S6. The Kier molecular flexibility index (Phi) is 16.1. The molecule has 0 spiro atoms. The lowest BCUT2D eigenvalue weighted by molar-refractivity contribution is 0.370. The van der Waals surface area contributed by atoms with E-state index in [1.54, 1.807) is 0 Å². The molecule has 0 heterocycles. The van der Waals surface area contributed by atoms with Crippen LogP contribution >= 0.6 is 61.3 Å². The Morgan fingerprint density at radius 2 is 0.500 bits per heavy atom. The van der Waals surface area contributed by atoms with E-state index in [0.29, 0.717) is 0 Å². The Morgan fingerprint density at radius 1 is 0.325 bits per heavy atom. The van der Waals surface area contributed by atoms with Crippen molar-refractivity contribution in [3.05, 3.63) is 71.9 Å². The molecule has 10 heteroatoms. The number of nitrogens with zero attached hydrogens (tertiary/aromatic N) is 4. The van der Waals surface area contributed by atoms with Gasteiger partial charge in [0.15, 0.2) is 0 Å². The van der Waals surface area contributed by atoms with Gasteiger partial charge in [0.05, 0.1) is 0 Å². The van der Waals surface area contributed by atoms with Crippen molar-refractivity contribution in [2.24, 2.45) is 0 Å². The molecule has 0 aromatic carbocycles. The second kappa shape index (κ2) is 15.9. The summed E-state index contributed by atoms with van der Waals surface area (Å²) in [6.07, 6.45) is 28.2. The van der Waals surface area contributed by atoms with Crippen molar-refractivity contribution in [1.82, 2.24) is 16.0 Å². The van der Waals surface area contributed by atoms with Crippen molar-refractivity contribution in [3.63, 3.8) is 0 Å². The van der Waals surface area contributed by atoms with Crippen molar-refractivity contribution in [2.75, 3.05) is 114 Å². The van der Waals surface area contributed by atoms with Crippen LogP contribution in [-0.4, -0.2) is 130 Å². The van der Waals surface area contributed by atoms with E-state index in [2.05, 4.69) is 163 Å². The molecule has 0 unspecified atom stereocenters. The van der Waals surface area contributed by atoms with Crippen LogP contribution in [0.2, 0.25) is 0 Å². The molecule has 0 atom stereocenters. The topological polar surface area (TPSA) is 13.0 Å². The van der Waals surface area contributed by atoms with E-state index in [-0.39, 0.29) is 0 Å². The summed E-state index contributed by atoms with van der Waals surface area (Å²) in [7, 11) is -6.68. The fourth-order valence-corrected chi connectivity index (χ4v) is 18.4. The molecule has 0 bridgehead atoms. The van der Waals surface area contributed by atoms with Gasteiger partial charge < -0.3 is 0 Å². The maximum Gasteiger partial charge on any atom is 0.0312 e. The van der Waals surface area contributed by atoms with E-state index in [1.807, 2.05) is 0 Å². The molecule has 4 nitrogen and oxygen atoms in total. The monoisotopic (exact) mass is 674 g/mol. The summed E-state index contributed by atoms with van der Waals surface area (Å²) >= 11 is 0. The Hall–Kier alpha value is 0.380. The second-order valence-corrected chi connectivity index (χ2v) is 33.5. The van der Waals surface area contributed by atoms with Crippen LogP contribution in [0.5, 0.6) is 0 Å². The lowest BCUT2D eigenvalue weighted by Crippen LogP contribution is -2.43. The van der Waals surface area contributed by atoms with Gasteiger partial charge in [-0.05, 0) is 108 Å². The third kappa shape index (κ3) is 11.1. The van der Waals surface area contributed by atoms with Gasteiger partial charge in [0.25, 0.3) is 0 Å². The molecule has 0 aliphatic rings. The molecule has 0 N–H and O–H groups in total. The second-order valence-electron chi connectivity index (χ2n) is 12.1. The van der Waals surface area contributed by atoms with Crippen molar-refractivity contribution in [3.8, 4) is 0 Å². The summed E-state index contributed by atoms with van der Waals surface area (Å²) in [5, 5.41) is 13.0. The fraction of sp³-hybridized carbons (Fsp3) is 0.600. The van der Waals surface area contributed by atoms with Crippen LogP contribution in [0.4, 0.5) is 0 Å². The predicted octanol–water partition coefficient (Wildman–Crippen LogP) is 8.93. The van der Waals surface area contributed by atoms with Crippen molar-refractivity contribution in [1.29, 1.82) is 0 Å². The van der Waals surface area contributed by atoms with E-state index in [1.165, 1.54) is 0 Å². The molecule has 0 saturated heterocycles. The van der Waals surface area contributed by atoms with Gasteiger partial charge in [-0.25, -0.2) is 7.42 Å². The fourth-order valence-electron chi connectivity index (χ4n) is 4.25. The highest BCUT2D eigenvalue weighted by Crippen LogP contribution is 2.63. The third-order valence-electron chi connectivity index (χ3n) is 7.54.